The highest BCUT2D eigenvalue weighted by Gasteiger charge is 2.37. The standard InChI is InChI=1S/C29H27BrN2O5/c1-5-36-25-14-21(24(30)15-26(25)37-16-20-8-6-7-17(2)11-20)13-23-27(33)31-29(35)32(28(23)34)22-10-9-18(3)19(4)12-22/h6-15H,5,16H2,1-4H3,(H,31,33,35)/b23-13+. The number of aryl methyl sites for hydroxylation is 3. The molecule has 8 heteroatoms. The topological polar surface area (TPSA) is 84.9 Å². The summed E-state index contributed by atoms with van der Waals surface area (Å²) in [6.45, 7) is 8.45. The number of carbonyl (C=O) groups is 3. The predicted octanol–water partition coefficient (Wildman–Crippen LogP) is 6.02. The maximum Gasteiger partial charge on any atom is 0.335 e. The summed E-state index contributed by atoms with van der Waals surface area (Å²) in [7, 11) is 0. The second-order valence-corrected chi connectivity index (χ2v) is 9.61. The fraction of sp³-hybridized carbons (Fsp3) is 0.207. The van der Waals surface area contributed by atoms with E-state index in [1.807, 2.05) is 58.0 Å². The summed E-state index contributed by atoms with van der Waals surface area (Å²) in [5, 5.41) is 2.26. The van der Waals surface area contributed by atoms with Crippen molar-refractivity contribution in [3.63, 3.8) is 0 Å². The molecule has 0 spiro atoms. The Labute approximate surface area is 224 Å². The van der Waals surface area contributed by atoms with E-state index in [0.717, 1.165) is 27.2 Å². The van der Waals surface area contributed by atoms with Crippen molar-refractivity contribution in [1.82, 2.24) is 5.32 Å². The molecular formula is C29H27BrN2O5. The van der Waals surface area contributed by atoms with Crippen LogP contribution in [0.1, 0.15) is 34.7 Å². The summed E-state index contributed by atoms with van der Waals surface area (Å²) in [6.07, 6.45) is 1.44. The highest BCUT2D eigenvalue weighted by Crippen LogP contribution is 2.36. The monoisotopic (exact) mass is 562 g/mol. The van der Waals surface area contributed by atoms with Gasteiger partial charge in [0, 0.05) is 4.47 Å². The van der Waals surface area contributed by atoms with E-state index >= 15 is 0 Å². The maximum atomic E-state index is 13.3. The summed E-state index contributed by atoms with van der Waals surface area (Å²) in [6, 6.07) is 15.9. The highest BCUT2D eigenvalue weighted by atomic mass is 79.9. The number of hydrogen-bond acceptors (Lipinski definition) is 5. The number of amides is 4. The number of urea groups is 1. The van der Waals surface area contributed by atoms with Crippen LogP contribution in [0.15, 0.2) is 64.6 Å². The average molecular weight is 563 g/mol. The molecule has 3 aromatic rings. The molecule has 0 unspecified atom stereocenters. The van der Waals surface area contributed by atoms with Gasteiger partial charge in [0.05, 0.1) is 12.3 Å². The van der Waals surface area contributed by atoms with E-state index in [4.69, 9.17) is 9.47 Å². The van der Waals surface area contributed by atoms with Crippen LogP contribution in [0.3, 0.4) is 0 Å². The molecular weight excluding hydrogens is 536 g/mol. The van der Waals surface area contributed by atoms with E-state index in [9.17, 15) is 14.4 Å². The van der Waals surface area contributed by atoms with Crippen LogP contribution in [0.5, 0.6) is 11.5 Å². The second kappa shape index (κ2) is 11.0. The van der Waals surface area contributed by atoms with Crippen molar-refractivity contribution in [3.8, 4) is 11.5 Å². The van der Waals surface area contributed by atoms with Crippen molar-refractivity contribution in [2.75, 3.05) is 11.5 Å². The molecule has 0 aliphatic carbocycles. The minimum Gasteiger partial charge on any atom is -0.490 e. The zero-order valence-corrected chi connectivity index (χ0v) is 22.6. The number of ether oxygens (including phenoxy) is 2. The fourth-order valence-electron chi connectivity index (χ4n) is 3.92. The van der Waals surface area contributed by atoms with Gasteiger partial charge in [-0.15, -0.1) is 0 Å². The molecule has 0 saturated carbocycles. The first-order chi connectivity index (χ1) is 17.7. The number of nitrogens with zero attached hydrogens (tertiary/aromatic N) is 1. The average Bonchev–Trinajstić information content (AvgIpc) is 2.84. The lowest BCUT2D eigenvalue weighted by Crippen LogP contribution is -2.54. The van der Waals surface area contributed by atoms with Gasteiger partial charge in [-0.1, -0.05) is 51.8 Å². The van der Waals surface area contributed by atoms with Gasteiger partial charge in [-0.05, 0) is 80.3 Å². The lowest BCUT2D eigenvalue weighted by Gasteiger charge is -2.27. The lowest BCUT2D eigenvalue weighted by atomic mass is 10.0. The SMILES string of the molecule is CCOc1cc(/C=C2\C(=O)NC(=O)N(c3ccc(C)c(C)c3)C2=O)c(Br)cc1OCc1cccc(C)c1. The molecule has 190 valence electrons. The minimum absolute atomic E-state index is 0.172. The molecule has 7 nitrogen and oxygen atoms in total. The molecule has 1 fully saturated rings. The summed E-state index contributed by atoms with van der Waals surface area (Å²) >= 11 is 3.52. The van der Waals surface area contributed by atoms with Gasteiger partial charge >= 0.3 is 6.03 Å². The van der Waals surface area contributed by atoms with Crippen molar-refractivity contribution >= 4 is 45.5 Å². The number of benzene rings is 3. The molecule has 0 bridgehead atoms. The maximum absolute atomic E-state index is 13.3. The van der Waals surface area contributed by atoms with Crippen LogP contribution >= 0.6 is 15.9 Å². The van der Waals surface area contributed by atoms with E-state index in [1.165, 1.54) is 6.08 Å². The van der Waals surface area contributed by atoms with Crippen molar-refractivity contribution in [1.29, 1.82) is 0 Å². The molecule has 37 heavy (non-hydrogen) atoms. The van der Waals surface area contributed by atoms with Crippen molar-refractivity contribution < 1.29 is 23.9 Å². The number of hydrogen-bond donors (Lipinski definition) is 1. The molecule has 3 aromatic carbocycles. The van der Waals surface area contributed by atoms with E-state index in [1.54, 1.807) is 24.3 Å². The summed E-state index contributed by atoms with van der Waals surface area (Å²) in [4.78, 5) is 39.5. The van der Waals surface area contributed by atoms with E-state index in [-0.39, 0.29) is 5.57 Å². The Kier molecular flexibility index (Phi) is 7.78. The zero-order valence-electron chi connectivity index (χ0n) is 21.1. The molecule has 4 rings (SSSR count). The third kappa shape index (κ3) is 5.75. The van der Waals surface area contributed by atoms with E-state index in [2.05, 4.69) is 21.2 Å². The first-order valence-electron chi connectivity index (χ1n) is 11.8. The van der Waals surface area contributed by atoms with Crippen LogP contribution in [0.25, 0.3) is 6.08 Å². The molecule has 0 radical (unpaired) electrons. The number of carbonyl (C=O) groups excluding carboxylic acids is 3. The van der Waals surface area contributed by atoms with Crippen LogP contribution in [0.4, 0.5) is 10.5 Å². The molecule has 1 aliphatic heterocycles. The van der Waals surface area contributed by atoms with Gasteiger partial charge in [0.15, 0.2) is 11.5 Å². The minimum atomic E-state index is -0.788. The van der Waals surface area contributed by atoms with E-state index in [0.29, 0.717) is 40.4 Å². The predicted molar refractivity (Wildman–Crippen MR) is 146 cm³/mol. The second-order valence-electron chi connectivity index (χ2n) is 8.76. The van der Waals surface area contributed by atoms with Crippen LogP contribution in [-0.4, -0.2) is 24.5 Å². The molecule has 1 aliphatic rings. The van der Waals surface area contributed by atoms with Gasteiger partial charge < -0.3 is 9.47 Å². The highest BCUT2D eigenvalue weighted by molar-refractivity contribution is 9.10. The molecule has 1 saturated heterocycles. The van der Waals surface area contributed by atoms with Gasteiger partial charge in [0.1, 0.15) is 12.2 Å². The molecule has 0 atom stereocenters. The molecule has 1 N–H and O–H groups in total. The zero-order chi connectivity index (χ0) is 26.7. The Morgan fingerprint density at radius 3 is 2.38 bits per heavy atom. The number of halogens is 1. The first-order valence-corrected chi connectivity index (χ1v) is 12.6. The molecule has 1 heterocycles. The van der Waals surface area contributed by atoms with Gasteiger partial charge in [-0.3, -0.25) is 14.9 Å². The van der Waals surface area contributed by atoms with E-state index < -0.39 is 17.8 Å². The number of rotatable bonds is 7. The summed E-state index contributed by atoms with van der Waals surface area (Å²) < 4.78 is 12.4. The normalized spacial score (nSPS) is 14.7. The summed E-state index contributed by atoms with van der Waals surface area (Å²) in [5.74, 6) is -0.485. The largest absolute Gasteiger partial charge is 0.490 e. The number of imide groups is 2. The van der Waals surface area contributed by atoms with Gasteiger partial charge in [-0.25, -0.2) is 9.69 Å². The third-order valence-corrected chi connectivity index (χ3v) is 6.68. The number of anilines is 1. The van der Waals surface area contributed by atoms with Crippen LogP contribution in [0, 0.1) is 20.8 Å². The van der Waals surface area contributed by atoms with Gasteiger partial charge in [-0.2, -0.15) is 0 Å². The quantitative estimate of drug-likeness (QED) is 0.281. The van der Waals surface area contributed by atoms with Crippen molar-refractivity contribution in [2.45, 2.75) is 34.3 Å². The summed E-state index contributed by atoms with van der Waals surface area (Å²) in [5.41, 5.74) is 4.85. The van der Waals surface area contributed by atoms with Crippen molar-refractivity contribution in [3.05, 3.63) is 92.5 Å². The lowest BCUT2D eigenvalue weighted by molar-refractivity contribution is -0.122. The van der Waals surface area contributed by atoms with Crippen LogP contribution in [0.2, 0.25) is 0 Å². The first kappa shape index (κ1) is 26.2. The Hall–Kier alpha value is -3.91. The Morgan fingerprint density at radius 1 is 0.919 bits per heavy atom. The van der Waals surface area contributed by atoms with Crippen molar-refractivity contribution in [2.24, 2.45) is 0 Å². The fourth-order valence-corrected chi connectivity index (χ4v) is 4.35. The Bertz CT molecular complexity index is 1430. The molecule has 0 aromatic heterocycles. The van der Waals surface area contributed by atoms with Crippen LogP contribution in [-0.2, 0) is 16.2 Å². The smallest absolute Gasteiger partial charge is 0.335 e. The number of nitrogens with one attached hydrogen (secondary N) is 1. The van der Waals surface area contributed by atoms with Gasteiger partial charge in [0.2, 0.25) is 0 Å². The Morgan fingerprint density at radius 2 is 1.68 bits per heavy atom. The van der Waals surface area contributed by atoms with Gasteiger partial charge in [0.25, 0.3) is 11.8 Å². The van der Waals surface area contributed by atoms with Crippen LogP contribution < -0.4 is 19.7 Å². The Balaban J connectivity index is 1.67. The molecule has 4 amide bonds. The third-order valence-electron chi connectivity index (χ3n) is 5.99. The number of barbiturate groups is 1.